The van der Waals surface area contributed by atoms with Gasteiger partial charge in [0.05, 0.1) is 12.8 Å². The Hall–Kier alpha value is -1.88. The van der Waals surface area contributed by atoms with E-state index in [1.165, 1.54) is 0 Å². The minimum atomic E-state index is -0.653. The molecule has 0 saturated carbocycles. The molecule has 1 aromatic carbocycles. The molecule has 2 heterocycles. The highest BCUT2D eigenvalue weighted by Gasteiger charge is 2.21. The Balaban J connectivity index is 1.83. The summed E-state index contributed by atoms with van der Waals surface area (Å²) in [7, 11) is 1.68. The molecule has 0 spiro atoms. The van der Waals surface area contributed by atoms with Crippen LogP contribution in [0.2, 0.25) is 0 Å². The summed E-state index contributed by atoms with van der Waals surface area (Å²) in [6.45, 7) is 8.32. The maximum atomic E-state index is 13.3. The first-order valence-corrected chi connectivity index (χ1v) is 8.47. The quantitative estimate of drug-likeness (QED) is 0.841. The Bertz CT molecular complexity index is 718. The van der Waals surface area contributed by atoms with E-state index >= 15 is 0 Å². The smallest absolute Gasteiger partial charge is 0.226 e. The van der Waals surface area contributed by atoms with Gasteiger partial charge in [0.15, 0.2) is 0 Å². The number of alkyl halides is 1. The molecule has 0 amide bonds. The fourth-order valence-corrected chi connectivity index (χ4v) is 3.21. The van der Waals surface area contributed by atoms with Gasteiger partial charge in [-0.3, -0.25) is 4.90 Å². The van der Waals surface area contributed by atoms with Crippen molar-refractivity contribution in [3.63, 3.8) is 0 Å². The summed E-state index contributed by atoms with van der Waals surface area (Å²) in [6, 6.07) is 3.94. The van der Waals surface area contributed by atoms with Crippen molar-refractivity contribution < 1.29 is 13.5 Å². The summed E-state index contributed by atoms with van der Waals surface area (Å²) in [5, 5.41) is 0. The van der Waals surface area contributed by atoms with Crippen molar-refractivity contribution in [1.82, 2.24) is 9.88 Å². The number of rotatable bonds is 4. The molecule has 130 valence electrons. The molecule has 3 rings (SSSR count). The minimum absolute atomic E-state index is 0.612. The summed E-state index contributed by atoms with van der Waals surface area (Å²) in [5.41, 5.74) is 4.14. The maximum Gasteiger partial charge on any atom is 0.226 e. The normalized spacial score (nSPS) is 16.5. The van der Waals surface area contributed by atoms with Crippen molar-refractivity contribution in [1.29, 1.82) is 0 Å². The lowest BCUT2D eigenvalue weighted by atomic mass is 10.0. The number of aromatic nitrogens is 1. The number of piperidine rings is 1. The minimum Gasteiger partial charge on any atom is -0.496 e. The second-order valence-electron chi connectivity index (χ2n) is 6.54. The van der Waals surface area contributed by atoms with E-state index in [9.17, 15) is 4.39 Å². The number of ether oxygens (including phenoxy) is 1. The Kier molecular flexibility index (Phi) is 4.90. The summed E-state index contributed by atoms with van der Waals surface area (Å²) >= 11 is 0. The molecule has 1 aromatic heterocycles. The van der Waals surface area contributed by atoms with E-state index in [1.54, 1.807) is 7.11 Å². The zero-order valence-electron chi connectivity index (χ0n) is 14.9. The van der Waals surface area contributed by atoms with Gasteiger partial charge in [0.1, 0.15) is 17.7 Å². The lowest BCUT2D eigenvalue weighted by molar-refractivity contribution is 0.144. The number of methoxy groups -OCH3 is 1. The van der Waals surface area contributed by atoms with Crippen LogP contribution in [0.15, 0.2) is 16.5 Å². The number of hydrogen-bond donors (Lipinski definition) is 0. The molecule has 0 radical (unpaired) electrons. The van der Waals surface area contributed by atoms with Crippen LogP contribution in [0.3, 0.4) is 0 Å². The number of halogens is 1. The standard InChI is InChI=1S/C19H25FN2O2/c1-12-13(2)18(23-4)6-5-16(12)19-21-17(14(3)24-19)11-22-9-7-15(20)8-10-22/h5-6,15H,7-11H2,1-4H3. The Labute approximate surface area is 142 Å². The SMILES string of the molecule is COc1ccc(-c2nc(CN3CCC(F)CC3)c(C)o2)c(C)c1C. The van der Waals surface area contributed by atoms with Crippen LogP contribution in [0.5, 0.6) is 5.75 Å². The molecule has 1 fully saturated rings. The monoisotopic (exact) mass is 332 g/mol. The van der Waals surface area contributed by atoms with E-state index in [-0.39, 0.29) is 0 Å². The third-order valence-electron chi connectivity index (χ3n) is 4.97. The zero-order valence-corrected chi connectivity index (χ0v) is 14.9. The van der Waals surface area contributed by atoms with Crippen LogP contribution in [-0.4, -0.2) is 36.3 Å². The van der Waals surface area contributed by atoms with Gasteiger partial charge < -0.3 is 9.15 Å². The maximum absolute atomic E-state index is 13.3. The molecule has 0 atom stereocenters. The van der Waals surface area contributed by atoms with Crippen LogP contribution in [-0.2, 0) is 6.54 Å². The molecular weight excluding hydrogens is 307 g/mol. The largest absolute Gasteiger partial charge is 0.496 e. The molecule has 24 heavy (non-hydrogen) atoms. The van der Waals surface area contributed by atoms with E-state index < -0.39 is 6.17 Å². The third-order valence-corrected chi connectivity index (χ3v) is 4.97. The second-order valence-corrected chi connectivity index (χ2v) is 6.54. The topological polar surface area (TPSA) is 38.5 Å². The third kappa shape index (κ3) is 3.31. The van der Waals surface area contributed by atoms with Crippen molar-refractivity contribution in [3.05, 3.63) is 34.7 Å². The van der Waals surface area contributed by atoms with Crippen molar-refractivity contribution >= 4 is 0 Å². The van der Waals surface area contributed by atoms with Gasteiger partial charge in [-0.2, -0.15) is 0 Å². The van der Waals surface area contributed by atoms with Crippen LogP contribution in [0, 0.1) is 20.8 Å². The molecule has 5 heteroatoms. The Morgan fingerprint density at radius 3 is 2.58 bits per heavy atom. The van der Waals surface area contributed by atoms with Gasteiger partial charge in [-0.15, -0.1) is 0 Å². The zero-order chi connectivity index (χ0) is 17.3. The fraction of sp³-hybridized carbons (Fsp3) is 0.526. The molecule has 1 saturated heterocycles. The van der Waals surface area contributed by atoms with E-state index in [0.717, 1.165) is 53.5 Å². The predicted octanol–water partition coefficient (Wildman–Crippen LogP) is 4.21. The van der Waals surface area contributed by atoms with Gasteiger partial charge in [-0.25, -0.2) is 9.37 Å². The van der Waals surface area contributed by atoms with Gasteiger partial charge in [0.2, 0.25) is 5.89 Å². The average Bonchev–Trinajstić information content (AvgIpc) is 2.92. The van der Waals surface area contributed by atoms with Crippen LogP contribution in [0.25, 0.3) is 11.5 Å². The molecule has 1 aliphatic heterocycles. The van der Waals surface area contributed by atoms with Gasteiger partial charge in [0.25, 0.3) is 0 Å². The molecule has 0 unspecified atom stereocenters. The molecule has 0 bridgehead atoms. The van der Waals surface area contributed by atoms with Gasteiger partial charge in [-0.05, 0) is 56.9 Å². The fourth-order valence-electron chi connectivity index (χ4n) is 3.21. The number of oxazole rings is 1. The molecule has 2 aromatic rings. The number of aryl methyl sites for hydroxylation is 1. The first-order valence-electron chi connectivity index (χ1n) is 8.47. The van der Waals surface area contributed by atoms with E-state index in [4.69, 9.17) is 14.1 Å². The van der Waals surface area contributed by atoms with Crippen LogP contribution in [0.4, 0.5) is 4.39 Å². The summed E-state index contributed by atoms with van der Waals surface area (Å²) < 4.78 is 24.6. The molecule has 0 N–H and O–H groups in total. The lowest BCUT2D eigenvalue weighted by Crippen LogP contribution is -2.34. The summed E-state index contributed by atoms with van der Waals surface area (Å²) in [6.07, 6.45) is 0.571. The van der Waals surface area contributed by atoms with E-state index in [2.05, 4.69) is 11.8 Å². The number of hydrogen-bond acceptors (Lipinski definition) is 4. The van der Waals surface area contributed by atoms with Crippen LogP contribution < -0.4 is 4.74 Å². The molecule has 1 aliphatic rings. The van der Waals surface area contributed by atoms with Crippen molar-refractivity contribution in [2.45, 2.75) is 46.3 Å². The number of nitrogens with zero attached hydrogens (tertiary/aromatic N) is 2. The van der Waals surface area contributed by atoms with Gasteiger partial charge in [-0.1, -0.05) is 0 Å². The lowest BCUT2D eigenvalue weighted by Gasteiger charge is -2.27. The van der Waals surface area contributed by atoms with Crippen molar-refractivity contribution in [2.24, 2.45) is 0 Å². The molecule has 0 aliphatic carbocycles. The van der Waals surface area contributed by atoms with Crippen molar-refractivity contribution in [2.75, 3.05) is 20.2 Å². The molecule has 4 nitrogen and oxygen atoms in total. The highest BCUT2D eigenvalue weighted by Crippen LogP contribution is 2.32. The van der Waals surface area contributed by atoms with Crippen LogP contribution >= 0.6 is 0 Å². The summed E-state index contributed by atoms with van der Waals surface area (Å²) in [4.78, 5) is 6.95. The molecular formula is C19H25FN2O2. The Morgan fingerprint density at radius 2 is 1.92 bits per heavy atom. The number of likely N-dealkylation sites (tertiary alicyclic amines) is 1. The highest BCUT2D eigenvalue weighted by atomic mass is 19.1. The van der Waals surface area contributed by atoms with Gasteiger partial charge in [0, 0.05) is 25.2 Å². The average molecular weight is 332 g/mol. The van der Waals surface area contributed by atoms with E-state index in [1.807, 2.05) is 26.0 Å². The van der Waals surface area contributed by atoms with E-state index in [0.29, 0.717) is 18.7 Å². The van der Waals surface area contributed by atoms with Crippen LogP contribution in [0.1, 0.15) is 35.4 Å². The first-order chi connectivity index (χ1) is 11.5. The predicted molar refractivity (Wildman–Crippen MR) is 92.1 cm³/mol. The summed E-state index contributed by atoms with van der Waals surface area (Å²) in [5.74, 6) is 2.35. The Morgan fingerprint density at radius 1 is 1.21 bits per heavy atom. The van der Waals surface area contributed by atoms with Gasteiger partial charge >= 0.3 is 0 Å². The second kappa shape index (κ2) is 6.93. The highest BCUT2D eigenvalue weighted by molar-refractivity contribution is 5.63. The first kappa shape index (κ1) is 17.0. The number of benzene rings is 1. The van der Waals surface area contributed by atoms with Crippen molar-refractivity contribution in [3.8, 4) is 17.2 Å².